The molecule has 3 rings (SSSR count). The normalized spacial score (nSPS) is 10.6. The first kappa shape index (κ1) is 10.6. The number of nitrogens with one attached hydrogen (secondary N) is 1. The van der Waals surface area contributed by atoms with Gasteiger partial charge in [0, 0.05) is 4.47 Å². The van der Waals surface area contributed by atoms with Crippen molar-refractivity contribution in [2.75, 3.05) is 5.32 Å². The van der Waals surface area contributed by atoms with Gasteiger partial charge in [-0.2, -0.15) is 0 Å². The number of fused-ring (bicyclic) bond motifs is 1. The fourth-order valence-electron chi connectivity index (χ4n) is 1.44. The summed E-state index contributed by atoms with van der Waals surface area (Å²) in [5.41, 5.74) is 1.82. The molecular formula is C11H7BrN4S. The zero-order chi connectivity index (χ0) is 11.7. The van der Waals surface area contributed by atoms with Gasteiger partial charge in [0.1, 0.15) is 6.33 Å². The molecule has 0 bridgehead atoms. The number of aromatic nitrogens is 3. The first-order valence-electron chi connectivity index (χ1n) is 4.89. The monoisotopic (exact) mass is 306 g/mol. The first-order valence-corrected chi connectivity index (χ1v) is 6.50. The molecule has 0 saturated carbocycles. The Balaban J connectivity index is 1.96. The molecule has 6 heteroatoms. The third kappa shape index (κ3) is 2.27. The summed E-state index contributed by atoms with van der Waals surface area (Å²) in [7, 11) is 0. The van der Waals surface area contributed by atoms with E-state index >= 15 is 0 Å². The van der Waals surface area contributed by atoms with E-state index in [4.69, 9.17) is 0 Å². The predicted molar refractivity (Wildman–Crippen MR) is 72.6 cm³/mol. The van der Waals surface area contributed by atoms with Gasteiger partial charge in [0.15, 0.2) is 5.13 Å². The highest BCUT2D eigenvalue weighted by molar-refractivity contribution is 9.10. The Morgan fingerprint density at radius 1 is 1.18 bits per heavy atom. The molecule has 0 atom stereocenters. The van der Waals surface area contributed by atoms with Gasteiger partial charge in [0.25, 0.3) is 0 Å². The van der Waals surface area contributed by atoms with E-state index in [1.54, 1.807) is 23.7 Å². The van der Waals surface area contributed by atoms with Crippen LogP contribution in [-0.2, 0) is 0 Å². The minimum Gasteiger partial charge on any atom is -0.329 e. The zero-order valence-corrected chi connectivity index (χ0v) is 11.0. The molecule has 0 aliphatic heterocycles. The van der Waals surface area contributed by atoms with Crippen molar-refractivity contribution in [3.63, 3.8) is 0 Å². The van der Waals surface area contributed by atoms with E-state index in [9.17, 15) is 0 Å². The van der Waals surface area contributed by atoms with Crippen LogP contribution in [0.5, 0.6) is 0 Å². The minimum atomic E-state index is 0.839. The summed E-state index contributed by atoms with van der Waals surface area (Å²) in [4.78, 5) is 12.4. The summed E-state index contributed by atoms with van der Waals surface area (Å²) in [5, 5.41) is 4.02. The second-order valence-corrected chi connectivity index (χ2v) is 5.33. The van der Waals surface area contributed by atoms with E-state index in [0.29, 0.717) is 0 Å². The minimum absolute atomic E-state index is 0.839. The summed E-state index contributed by atoms with van der Waals surface area (Å²) in [6.07, 6.45) is 4.94. The molecule has 2 aromatic heterocycles. The van der Waals surface area contributed by atoms with Crippen molar-refractivity contribution in [3.8, 4) is 0 Å². The second kappa shape index (κ2) is 4.38. The number of hydrogen-bond acceptors (Lipinski definition) is 5. The van der Waals surface area contributed by atoms with Gasteiger partial charge in [-0.1, -0.05) is 27.3 Å². The fourth-order valence-corrected chi connectivity index (χ4v) is 2.88. The molecule has 3 aromatic rings. The maximum atomic E-state index is 4.48. The summed E-state index contributed by atoms with van der Waals surface area (Å²) >= 11 is 5.05. The van der Waals surface area contributed by atoms with Crippen LogP contribution >= 0.6 is 27.3 Å². The van der Waals surface area contributed by atoms with Crippen molar-refractivity contribution in [1.29, 1.82) is 0 Å². The molecule has 1 N–H and O–H groups in total. The quantitative estimate of drug-likeness (QED) is 0.786. The lowest BCUT2D eigenvalue weighted by molar-refractivity contribution is 1.17. The fraction of sp³-hybridized carbons (Fsp3) is 0. The third-order valence-electron chi connectivity index (χ3n) is 2.16. The van der Waals surface area contributed by atoms with Gasteiger partial charge in [-0.25, -0.2) is 15.0 Å². The van der Waals surface area contributed by atoms with Gasteiger partial charge >= 0.3 is 0 Å². The van der Waals surface area contributed by atoms with Crippen LogP contribution in [0.4, 0.5) is 10.8 Å². The maximum absolute atomic E-state index is 4.48. The Morgan fingerprint density at radius 2 is 2.00 bits per heavy atom. The van der Waals surface area contributed by atoms with Crippen LogP contribution in [0.25, 0.3) is 10.2 Å². The highest BCUT2D eigenvalue weighted by atomic mass is 79.9. The number of rotatable bonds is 2. The van der Waals surface area contributed by atoms with Crippen molar-refractivity contribution in [1.82, 2.24) is 15.0 Å². The molecule has 0 aliphatic rings. The Morgan fingerprint density at radius 3 is 2.82 bits per heavy atom. The van der Waals surface area contributed by atoms with E-state index in [-0.39, 0.29) is 0 Å². The average Bonchev–Trinajstić information content (AvgIpc) is 2.71. The van der Waals surface area contributed by atoms with Gasteiger partial charge in [0.2, 0.25) is 0 Å². The first-order chi connectivity index (χ1) is 8.31. The summed E-state index contributed by atoms with van der Waals surface area (Å²) < 4.78 is 2.20. The Labute approximate surface area is 110 Å². The molecule has 0 aliphatic carbocycles. The number of anilines is 2. The molecule has 0 saturated heterocycles. The van der Waals surface area contributed by atoms with E-state index in [0.717, 1.165) is 25.5 Å². The second-order valence-electron chi connectivity index (χ2n) is 3.38. The largest absolute Gasteiger partial charge is 0.329 e. The third-order valence-corrected chi connectivity index (χ3v) is 3.59. The Kier molecular flexibility index (Phi) is 2.74. The number of benzene rings is 1. The number of nitrogens with zero attached hydrogens (tertiary/aromatic N) is 3. The lowest BCUT2D eigenvalue weighted by Crippen LogP contribution is -1.90. The summed E-state index contributed by atoms with van der Waals surface area (Å²) in [5.74, 6) is 0. The molecule has 84 valence electrons. The van der Waals surface area contributed by atoms with Gasteiger partial charge in [-0.3, -0.25) is 0 Å². The average molecular weight is 307 g/mol. The van der Waals surface area contributed by atoms with Crippen LogP contribution in [0, 0.1) is 0 Å². The summed E-state index contributed by atoms with van der Waals surface area (Å²) in [6.45, 7) is 0. The predicted octanol–water partition coefficient (Wildman–Crippen LogP) is 3.59. The SMILES string of the molecule is Brc1ccc2nc(Nc3cncnc3)sc2c1. The van der Waals surface area contributed by atoms with E-state index in [1.807, 2.05) is 12.1 Å². The lowest BCUT2D eigenvalue weighted by Gasteiger charge is -1.98. The van der Waals surface area contributed by atoms with Crippen molar-refractivity contribution < 1.29 is 0 Å². The molecule has 0 spiro atoms. The Bertz CT molecular complexity index is 653. The van der Waals surface area contributed by atoms with E-state index < -0.39 is 0 Å². The summed E-state index contributed by atoms with van der Waals surface area (Å²) in [6, 6.07) is 6.03. The smallest absolute Gasteiger partial charge is 0.188 e. The maximum Gasteiger partial charge on any atom is 0.188 e. The molecule has 0 amide bonds. The van der Waals surface area contributed by atoms with Crippen molar-refractivity contribution >= 4 is 48.3 Å². The number of halogens is 1. The molecular weight excluding hydrogens is 300 g/mol. The molecule has 2 heterocycles. The van der Waals surface area contributed by atoms with Gasteiger partial charge in [0.05, 0.1) is 28.3 Å². The molecule has 0 radical (unpaired) electrons. The van der Waals surface area contributed by atoms with Crippen LogP contribution in [0.3, 0.4) is 0 Å². The zero-order valence-electron chi connectivity index (χ0n) is 8.59. The van der Waals surface area contributed by atoms with Gasteiger partial charge in [-0.15, -0.1) is 0 Å². The van der Waals surface area contributed by atoms with Crippen LogP contribution in [-0.4, -0.2) is 15.0 Å². The van der Waals surface area contributed by atoms with Gasteiger partial charge < -0.3 is 5.32 Å². The molecule has 0 unspecified atom stereocenters. The molecule has 0 fully saturated rings. The van der Waals surface area contributed by atoms with Crippen molar-refractivity contribution in [2.24, 2.45) is 0 Å². The number of hydrogen-bond donors (Lipinski definition) is 1. The topological polar surface area (TPSA) is 50.7 Å². The highest BCUT2D eigenvalue weighted by Gasteiger charge is 2.04. The molecule has 17 heavy (non-hydrogen) atoms. The van der Waals surface area contributed by atoms with Crippen LogP contribution in [0.1, 0.15) is 0 Å². The van der Waals surface area contributed by atoms with E-state index in [1.165, 1.54) is 6.33 Å². The lowest BCUT2D eigenvalue weighted by atomic mass is 10.3. The van der Waals surface area contributed by atoms with Crippen molar-refractivity contribution in [3.05, 3.63) is 41.4 Å². The van der Waals surface area contributed by atoms with Crippen LogP contribution < -0.4 is 5.32 Å². The van der Waals surface area contributed by atoms with E-state index in [2.05, 4.69) is 42.3 Å². The van der Waals surface area contributed by atoms with Crippen molar-refractivity contribution in [2.45, 2.75) is 0 Å². The molecule has 1 aromatic carbocycles. The van der Waals surface area contributed by atoms with Gasteiger partial charge in [-0.05, 0) is 18.2 Å². The highest BCUT2D eigenvalue weighted by Crippen LogP contribution is 2.29. The van der Waals surface area contributed by atoms with Crippen LogP contribution in [0.15, 0.2) is 41.4 Å². The molecule has 4 nitrogen and oxygen atoms in total. The van der Waals surface area contributed by atoms with Crippen LogP contribution in [0.2, 0.25) is 0 Å². The number of thiazole rings is 1. The Hall–Kier alpha value is -1.53. The standard InChI is InChI=1S/C11H7BrN4S/c12-7-1-2-9-10(3-7)17-11(16-9)15-8-4-13-6-14-5-8/h1-6H,(H,15,16).